The highest BCUT2D eigenvalue weighted by molar-refractivity contribution is 8.18. The molecular weight excluding hydrogens is 446 g/mol. The Morgan fingerprint density at radius 3 is 2.72 bits per heavy atom. The molecule has 3 aromatic rings. The topological polar surface area (TPSA) is 55.8 Å². The van der Waals surface area contributed by atoms with Gasteiger partial charge in [0.2, 0.25) is 0 Å². The van der Waals surface area contributed by atoms with Crippen LogP contribution in [0.5, 0.6) is 11.5 Å². The van der Waals surface area contributed by atoms with E-state index in [0.717, 1.165) is 33.0 Å². The number of ether oxygens (including phenoxy) is 2. The van der Waals surface area contributed by atoms with Gasteiger partial charge in [-0.2, -0.15) is 0 Å². The molecule has 32 heavy (non-hydrogen) atoms. The first-order chi connectivity index (χ1) is 15.5. The molecule has 0 unspecified atom stereocenters. The Morgan fingerprint density at radius 1 is 1.16 bits per heavy atom. The Kier molecular flexibility index (Phi) is 6.40. The molecule has 1 heterocycles. The molecule has 4 rings (SSSR count). The number of fused-ring (bicyclic) bond motifs is 1. The molecule has 7 heteroatoms. The second kappa shape index (κ2) is 9.39. The summed E-state index contributed by atoms with van der Waals surface area (Å²) in [4.78, 5) is 25.7. The summed E-state index contributed by atoms with van der Waals surface area (Å²) in [6.07, 6.45) is 6.82. The Hall–Kier alpha value is -3.40. The van der Waals surface area contributed by atoms with E-state index in [9.17, 15) is 9.59 Å². The van der Waals surface area contributed by atoms with Crippen LogP contribution in [0.3, 0.4) is 0 Å². The van der Waals surface area contributed by atoms with Gasteiger partial charge in [-0.1, -0.05) is 60.0 Å². The third-order valence-corrected chi connectivity index (χ3v) is 6.11. The van der Waals surface area contributed by atoms with Gasteiger partial charge < -0.3 is 9.47 Å². The minimum absolute atomic E-state index is 0.0625. The van der Waals surface area contributed by atoms with Gasteiger partial charge >= 0.3 is 0 Å². The molecule has 3 aromatic carbocycles. The van der Waals surface area contributed by atoms with Crippen LogP contribution in [0.15, 0.2) is 59.5 Å². The molecule has 0 atom stereocenters. The molecule has 0 bridgehead atoms. The lowest BCUT2D eigenvalue weighted by atomic mass is 10.1. The Balaban J connectivity index is 1.60. The van der Waals surface area contributed by atoms with Gasteiger partial charge in [0, 0.05) is 0 Å². The summed E-state index contributed by atoms with van der Waals surface area (Å²) in [5, 5.41) is 2.16. The summed E-state index contributed by atoms with van der Waals surface area (Å²) in [6.45, 7) is 0.245. The maximum atomic E-state index is 12.4. The molecule has 160 valence electrons. The normalized spacial score (nSPS) is 14.8. The van der Waals surface area contributed by atoms with E-state index in [-0.39, 0.29) is 11.4 Å². The highest BCUT2D eigenvalue weighted by Gasteiger charge is 2.34. The van der Waals surface area contributed by atoms with Gasteiger partial charge in [-0.05, 0) is 51.9 Å². The number of nitrogens with zero attached hydrogens (tertiary/aromatic N) is 1. The van der Waals surface area contributed by atoms with Crippen LogP contribution < -0.4 is 9.47 Å². The van der Waals surface area contributed by atoms with Crippen LogP contribution in [0, 0.1) is 12.3 Å². The van der Waals surface area contributed by atoms with Crippen molar-refractivity contribution in [1.29, 1.82) is 0 Å². The molecule has 1 fully saturated rings. The Bertz CT molecular complexity index is 1290. The lowest BCUT2D eigenvalue weighted by molar-refractivity contribution is -0.122. The van der Waals surface area contributed by atoms with Gasteiger partial charge in [0.25, 0.3) is 11.1 Å². The quantitative estimate of drug-likeness (QED) is 0.344. The van der Waals surface area contributed by atoms with Crippen LogP contribution in [0.1, 0.15) is 11.1 Å². The fourth-order valence-corrected chi connectivity index (χ4v) is 4.52. The smallest absolute Gasteiger partial charge is 0.294 e. The number of terminal acetylenes is 1. The standard InChI is InChI=1S/C25H18ClNO4S/c1-3-11-27-24(28)22(32-25(27)29)14-16-12-20(26)23(21(13-16)30-2)31-15-18-9-6-8-17-7-4-5-10-19(17)18/h1,4-10,12-14H,11,15H2,2H3. The van der Waals surface area contributed by atoms with E-state index >= 15 is 0 Å². The van der Waals surface area contributed by atoms with Crippen LogP contribution in [0.25, 0.3) is 16.8 Å². The number of halogens is 1. The van der Waals surface area contributed by atoms with Gasteiger partial charge in [0.1, 0.15) is 6.61 Å². The first-order valence-corrected chi connectivity index (χ1v) is 10.9. The average Bonchev–Trinajstić information content (AvgIpc) is 3.05. The van der Waals surface area contributed by atoms with Crippen LogP contribution in [-0.2, 0) is 11.4 Å². The molecular formula is C25H18ClNO4S. The predicted octanol–water partition coefficient (Wildman–Crippen LogP) is 5.75. The van der Waals surface area contributed by atoms with Crippen molar-refractivity contribution < 1.29 is 19.1 Å². The highest BCUT2D eigenvalue weighted by atomic mass is 35.5. The number of hydrogen-bond donors (Lipinski definition) is 0. The first kappa shape index (κ1) is 21.8. The monoisotopic (exact) mass is 463 g/mol. The van der Waals surface area contributed by atoms with Crippen LogP contribution in [-0.4, -0.2) is 29.7 Å². The number of carbonyl (C=O) groups excluding carboxylic acids is 2. The fraction of sp³-hybridized carbons (Fsp3) is 0.120. The number of thioether (sulfide) groups is 1. The molecule has 5 nitrogen and oxygen atoms in total. The third-order valence-electron chi connectivity index (χ3n) is 4.92. The van der Waals surface area contributed by atoms with E-state index in [0.29, 0.717) is 28.7 Å². The van der Waals surface area contributed by atoms with Gasteiger partial charge in [-0.15, -0.1) is 6.42 Å². The molecule has 0 aromatic heterocycles. The minimum Gasteiger partial charge on any atom is -0.493 e. The van der Waals surface area contributed by atoms with Gasteiger partial charge in [-0.3, -0.25) is 14.5 Å². The van der Waals surface area contributed by atoms with E-state index < -0.39 is 11.1 Å². The molecule has 0 N–H and O–H groups in total. The highest BCUT2D eigenvalue weighted by Crippen LogP contribution is 2.39. The van der Waals surface area contributed by atoms with E-state index in [4.69, 9.17) is 27.5 Å². The van der Waals surface area contributed by atoms with Crippen molar-refractivity contribution >= 4 is 51.4 Å². The van der Waals surface area contributed by atoms with E-state index in [2.05, 4.69) is 5.92 Å². The lowest BCUT2D eigenvalue weighted by Crippen LogP contribution is -2.28. The molecule has 0 spiro atoms. The number of carbonyl (C=O) groups is 2. The fourth-order valence-electron chi connectivity index (χ4n) is 3.41. The van der Waals surface area contributed by atoms with Crippen LogP contribution >= 0.6 is 23.4 Å². The number of methoxy groups -OCH3 is 1. The van der Waals surface area contributed by atoms with Gasteiger partial charge in [-0.25, -0.2) is 0 Å². The van der Waals surface area contributed by atoms with Crippen molar-refractivity contribution in [2.75, 3.05) is 13.7 Å². The summed E-state index contributed by atoms with van der Waals surface area (Å²) in [5.41, 5.74) is 1.63. The molecule has 0 radical (unpaired) electrons. The van der Waals surface area contributed by atoms with Crippen molar-refractivity contribution in [2.24, 2.45) is 0 Å². The Morgan fingerprint density at radius 2 is 1.94 bits per heavy atom. The number of hydrogen-bond acceptors (Lipinski definition) is 5. The summed E-state index contributed by atoms with van der Waals surface area (Å²) in [5.74, 6) is 2.71. The number of benzene rings is 3. The zero-order valence-electron chi connectivity index (χ0n) is 17.1. The molecule has 1 saturated heterocycles. The summed E-state index contributed by atoms with van der Waals surface area (Å²) in [6, 6.07) is 17.5. The number of imide groups is 1. The van der Waals surface area contributed by atoms with E-state index in [1.165, 1.54) is 7.11 Å². The van der Waals surface area contributed by atoms with Crippen LogP contribution in [0.2, 0.25) is 5.02 Å². The minimum atomic E-state index is -0.427. The van der Waals surface area contributed by atoms with Crippen molar-refractivity contribution in [1.82, 2.24) is 4.90 Å². The SMILES string of the molecule is C#CCN1C(=O)SC(=Cc2cc(Cl)c(OCc3cccc4ccccc34)c(OC)c2)C1=O. The van der Waals surface area contributed by atoms with Crippen molar-refractivity contribution in [3.05, 3.63) is 75.7 Å². The van der Waals surface area contributed by atoms with E-state index in [1.54, 1.807) is 18.2 Å². The summed E-state index contributed by atoms with van der Waals surface area (Å²) < 4.78 is 11.5. The second-order valence-electron chi connectivity index (χ2n) is 6.93. The van der Waals surface area contributed by atoms with Crippen LogP contribution in [0.4, 0.5) is 4.79 Å². The summed E-state index contributed by atoms with van der Waals surface area (Å²) >= 11 is 7.33. The molecule has 0 aliphatic carbocycles. The Labute approximate surface area is 194 Å². The van der Waals surface area contributed by atoms with Crippen molar-refractivity contribution in [3.8, 4) is 23.8 Å². The zero-order valence-corrected chi connectivity index (χ0v) is 18.7. The van der Waals surface area contributed by atoms with Crippen molar-refractivity contribution in [3.63, 3.8) is 0 Å². The van der Waals surface area contributed by atoms with Gasteiger partial charge in [0.05, 0.1) is 23.6 Å². The maximum Gasteiger partial charge on any atom is 0.294 e. The number of amides is 2. The van der Waals surface area contributed by atoms with E-state index in [1.807, 2.05) is 42.5 Å². The second-order valence-corrected chi connectivity index (χ2v) is 8.33. The zero-order chi connectivity index (χ0) is 22.7. The third kappa shape index (κ3) is 4.31. The molecule has 1 aliphatic rings. The largest absolute Gasteiger partial charge is 0.493 e. The maximum absolute atomic E-state index is 12.4. The molecule has 2 amide bonds. The molecule has 0 saturated carbocycles. The number of rotatable bonds is 6. The summed E-state index contributed by atoms with van der Waals surface area (Å²) in [7, 11) is 1.51. The van der Waals surface area contributed by atoms with Gasteiger partial charge in [0.15, 0.2) is 11.5 Å². The van der Waals surface area contributed by atoms with Crippen molar-refractivity contribution in [2.45, 2.75) is 6.61 Å². The lowest BCUT2D eigenvalue weighted by Gasteiger charge is -2.14. The average molecular weight is 464 g/mol. The molecule has 1 aliphatic heterocycles. The first-order valence-electron chi connectivity index (χ1n) is 9.67. The predicted molar refractivity (Wildman–Crippen MR) is 128 cm³/mol.